The van der Waals surface area contributed by atoms with Gasteiger partial charge in [-0.05, 0) is 43.2 Å². The monoisotopic (exact) mass is 251 g/mol. The Balaban J connectivity index is 2.61. The first-order valence-electron chi connectivity index (χ1n) is 5.05. The largest absolute Gasteiger partial charge is 0.382 e. The van der Waals surface area contributed by atoms with Gasteiger partial charge in [-0.3, -0.25) is 0 Å². The Kier molecular flexibility index (Phi) is 2.98. The standard InChI is InChI=1S/C12H11ClFN3/c1-6-7(2)12(15)17-16-11(6)8-3-4-10(14)9(13)5-8/h3-5H,1-2H3,(H2,15,17). The molecule has 88 valence electrons. The highest BCUT2D eigenvalue weighted by molar-refractivity contribution is 6.31. The molecule has 0 aliphatic heterocycles. The fourth-order valence-corrected chi connectivity index (χ4v) is 1.72. The van der Waals surface area contributed by atoms with Crippen LogP contribution in [-0.2, 0) is 0 Å². The van der Waals surface area contributed by atoms with E-state index >= 15 is 0 Å². The Morgan fingerprint density at radius 3 is 2.53 bits per heavy atom. The van der Waals surface area contributed by atoms with Crippen molar-refractivity contribution >= 4 is 17.4 Å². The molecule has 0 aliphatic carbocycles. The minimum atomic E-state index is -0.451. The lowest BCUT2D eigenvalue weighted by atomic mass is 10.0. The van der Waals surface area contributed by atoms with Gasteiger partial charge < -0.3 is 5.73 Å². The summed E-state index contributed by atoms with van der Waals surface area (Å²) in [6.07, 6.45) is 0. The molecule has 0 amide bonds. The van der Waals surface area contributed by atoms with Crippen LogP contribution >= 0.6 is 11.6 Å². The molecule has 17 heavy (non-hydrogen) atoms. The quantitative estimate of drug-likeness (QED) is 0.847. The lowest BCUT2D eigenvalue weighted by Crippen LogP contribution is -2.02. The van der Waals surface area contributed by atoms with E-state index in [0.717, 1.165) is 16.7 Å². The van der Waals surface area contributed by atoms with Gasteiger partial charge in [0.2, 0.25) is 0 Å². The van der Waals surface area contributed by atoms with Crippen LogP contribution in [-0.4, -0.2) is 10.2 Å². The van der Waals surface area contributed by atoms with Gasteiger partial charge in [-0.25, -0.2) is 4.39 Å². The zero-order valence-electron chi connectivity index (χ0n) is 9.46. The van der Waals surface area contributed by atoms with Crippen LogP contribution in [0.2, 0.25) is 5.02 Å². The Hall–Kier alpha value is -1.68. The second kappa shape index (κ2) is 4.30. The number of rotatable bonds is 1. The van der Waals surface area contributed by atoms with Gasteiger partial charge in [-0.15, -0.1) is 10.2 Å². The summed E-state index contributed by atoms with van der Waals surface area (Å²) in [7, 11) is 0. The second-order valence-corrected chi connectivity index (χ2v) is 4.22. The van der Waals surface area contributed by atoms with E-state index in [1.165, 1.54) is 12.1 Å². The van der Waals surface area contributed by atoms with Gasteiger partial charge in [-0.2, -0.15) is 0 Å². The van der Waals surface area contributed by atoms with Gasteiger partial charge in [0.25, 0.3) is 0 Å². The van der Waals surface area contributed by atoms with E-state index < -0.39 is 5.82 Å². The SMILES string of the molecule is Cc1c(N)nnc(-c2ccc(F)c(Cl)c2)c1C. The number of anilines is 1. The molecule has 0 spiro atoms. The van der Waals surface area contributed by atoms with Crippen LogP contribution in [0.1, 0.15) is 11.1 Å². The smallest absolute Gasteiger partial charge is 0.149 e. The van der Waals surface area contributed by atoms with Crippen molar-refractivity contribution in [2.24, 2.45) is 0 Å². The third kappa shape index (κ3) is 2.08. The summed E-state index contributed by atoms with van der Waals surface area (Å²) in [5.41, 5.74) is 8.84. The minimum absolute atomic E-state index is 0.0678. The number of nitrogens with two attached hydrogens (primary N) is 1. The van der Waals surface area contributed by atoms with Crippen LogP contribution in [0.15, 0.2) is 18.2 Å². The molecule has 5 heteroatoms. The normalized spacial score (nSPS) is 10.6. The molecule has 0 radical (unpaired) electrons. The Morgan fingerprint density at radius 2 is 1.88 bits per heavy atom. The molecule has 2 aromatic rings. The molecule has 0 aliphatic rings. The highest BCUT2D eigenvalue weighted by atomic mass is 35.5. The number of benzene rings is 1. The summed E-state index contributed by atoms with van der Waals surface area (Å²) in [6, 6.07) is 4.46. The Labute approximate surface area is 103 Å². The van der Waals surface area contributed by atoms with Crippen LogP contribution in [0.4, 0.5) is 10.2 Å². The lowest BCUT2D eigenvalue weighted by Gasteiger charge is -2.09. The maximum absolute atomic E-state index is 13.1. The molecule has 2 rings (SSSR count). The van der Waals surface area contributed by atoms with Gasteiger partial charge >= 0.3 is 0 Å². The fourth-order valence-electron chi connectivity index (χ4n) is 1.54. The maximum Gasteiger partial charge on any atom is 0.149 e. The minimum Gasteiger partial charge on any atom is -0.382 e. The van der Waals surface area contributed by atoms with Crippen molar-refractivity contribution in [2.45, 2.75) is 13.8 Å². The van der Waals surface area contributed by atoms with Crippen molar-refractivity contribution in [3.63, 3.8) is 0 Å². The molecule has 0 saturated carbocycles. The molecule has 0 fully saturated rings. The number of aromatic nitrogens is 2. The Bertz CT molecular complexity index is 584. The topological polar surface area (TPSA) is 51.8 Å². The zero-order chi connectivity index (χ0) is 12.6. The molecule has 0 unspecified atom stereocenters. The summed E-state index contributed by atoms with van der Waals surface area (Å²) in [5, 5.41) is 7.95. The third-order valence-corrected chi connectivity index (χ3v) is 3.04. The van der Waals surface area contributed by atoms with Crippen molar-refractivity contribution in [1.29, 1.82) is 0 Å². The molecule has 1 aromatic carbocycles. The predicted octanol–water partition coefficient (Wildman–Crippen LogP) is 3.14. The van der Waals surface area contributed by atoms with Gasteiger partial charge in [0.15, 0.2) is 0 Å². The number of nitrogens with zero attached hydrogens (tertiary/aromatic N) is 2. The maximum atomic E-state index is 13.1. The molecule has 0 saturated heterocycles. The summed E-state index contributed by atoms with van der Waals surface area (Å²) >= 11 is 5.74. The van der Waals surface area contributed by atoms with Gasteiger partial charge in [-0.1, -0.05) is 11.6 Å². The zero-order valence-corrected chi connectivity index (χ0v) is 10.2. The van der Waals surface area contributed by atoms with E-state index in [0.29, 0.717) is 11.5 Å². The van der Waals surface area contributed by atoms with Crippen molar-refractivity contribution < 1.29 is 4.39 Å². The summed E-state index contributed by atoms with van der Waals surface area (Å²) in [6.45, 7) is 3.76. The van der Waals surface area contributed by atoms with E-state index in [2.05, 4.69) is 10.2 Å². The molecule has 0 atom stereocenters. The first kappa shape index (κ1) is 11.8. The second-order valence-electron chi connectivity index (χ2n) is 3.81. The average molecular weight is 252 g/mol. The van der Waals surface area contributed by atoms with Crippen LogP contribution in [0, 0.1) is 19.7 Å². The van der Waals surface area contributed by atoms with Crippen molar-refractivity contribution in [3.05, 3.63) is 40.2 Å². The first-order valence-corrected chi connectivity index (χ1v) is 5.43. The van der Waals surface area contributed by atoms with Crippen molar-refractivity contribution in [3.8, 4) is 11.3 Å². The van der Waals surface area contributed by atoms with Gasteiger partial charge in [0, 0.05) is 5.56 Å². The first-order chi connectivity index (χ1) is 8.00. The lowest BCUT2D eigenvalue weighted by molar-refractivity contribution is 0.628. The van der Waals surface area contributed by atoms with Gasteiger partial charge in [0.1, 0.15) is 11.6 Å². The van der Waals surface area contributed by atoms with E-state index in [4.69, 9.17) is 17.3 Å². The third-order valence-electron chi connectivity index (χ3n) is 2.75. The molecule has 3 nitrogen and oxygen atoms in total. The number of nitrogen functional groups attached to an aromatic ring is 1. The molecular formula is C12H11ClFN3. The molecule has 2 N–H and O–H groups in total. The predicted molar refractivity (Wildman–Crippen MR) is 66.3 cm³/mol. The number of halogens is 2. The molecule has 1 aromatic heterocycles. The Morgan fingerprint density at radius 1 is 1.18 bits per heavy atom. The summed E-state index contributed by atoms with van der Waals surface area (Å²) in [5.74, 6) is -0.0485. The number of hydrogen-bond donors (Lipinski definition) is 1. The molecule has 1 heterocycles. The highest BCUT2D eigenvalue weighted by Crippen LogP contribution is 2.27. The average Bonchev–Trinajstić information content (AvgIpc) is 2.30. The van der Waals surface area contributed by atoms with Crippen LogP contribution in [0.5, 0.6) is 0 Å². The summed E-state index contributed by atoms with van der Waals surface area (Å²) < 4.78 is 13.1. The summed E-state index contributed by atoms with van der Waals surface area (Å²) in [4.78, 5) is 0. The fraction of sp³-hybridized carbons (Fsp3) is 0.167. The van der Waals surface area contributed by atoms with Crippen molar-refractivity contribution in [2.75, 3.05) is 5.73 Å². The van der Waals surface area contributed by atoms with Crippen LogP contribution < -0.4 is 5.73 Å². The number of hydrogen-bond acceptors (Lipinski definition) is 3. The van der Waals surface area contributed by atoms with E-state index in [-0.39, 0.29) is 5.02 Å². The molecule has 0 bridgehead atoms. The van der Waals surface area contributed by atoms with Crippen molar-refractivity contribution in [1.82, 2.24) is 10.2 Å². The van der Waals surface area contributed by atoms with E-state index in [1.807, 2.05) is 13.8 Å². The van der Waals surface area contributed by atoms with Crippen LogP contribution in [0.25, 0.3) is 11.3 Å². The van der Waals surface area contributed by atoms with Gasteiger partial charge in [0.05, 0.1) is 10.7 Å². The van der Waals surface area contributed by atoms with E-state index in [1.54, 1.807) is 6.07 Å². The highest BCUT2D eigenvalue weighted by Gasteiger charge is 2.11. The van der Waals surface area contributed by atoms with E-state index in [9.17, 15) is 4.39 Å². The van der Waals surface area contributed by atoms with Crippen LogP contribution in [0.3, 0.4) is 0 Å². The molecular weight excluding hydrogens is 241 g/mol.